The van der Waals surface area contributed by atoms with E-state index in [1.165, 1.54) is 11.0 Å². The minimum absolute atomic E-state index is 0.00672. The molecule has 132 valence electrons. The first-order chi connectivity index (χ1) is 12.0. The Kier molecular flexibility index (Phi) is 5.05. The molecule has 0 radical (unpaired) electrons. The Morgan fingerprint density at radius 3 is 2.92 bits per heavy atom. The van der Waals surface area contributed by atoms with Gasteiger partial charge in [0.05, 0.1) is 18.7 Å². The van der Waals surface area contributed by atoms with Crippen molar-refractivity contribution >= 4 is 24.8 Å². The average molecular weight is 346 g/mol. The Morgan fingerprint density at radius 1 is 1.40 bits per heavy atom. The van der Waals surface area contributed by atoms with Crippen LogP contribution in [-0.2, 0) is 16.0 Å². The van der Waals surface area contributed by atoms with Gasteiger partial charge in [-0.15, -0.1) is 0 Å². The molecule has 9 heteroatoms. The SMILES string of the molecule is O=C(C[C@H]1Cc2cccc(C(=O)O)c2OB1O)CN1CCNCC1=O. The molecule has 3 rings (SSSR count). The molecule has 8 nitrogen and oxygen atoms in total. The summed E-state index contributed by atoms with van der Waals surface area (Å²) in [5, 5.41) is 22.3. The number of piperazine rings is 1. The van der Waals surface area contributed by atoms with E-state index in [-0.39, 0.29) is 42.5 Å². The van der Waals surface area contributed by atoms with Crippen LogP contribution in [0, 0.1) is 0 Å². The van der Waals surface area contributed by atoms with E-state index in [9.17, 15) is 24.5 Å². The lowest BCUT2D eigenvalue weighted by molar-refractivity contribution is -0.136. The van der Waals surface area contributed by atoms with Gasteiger partial charge in [-0.25, -0.2) is 4.79 Å². The number of carboxylic acid groups (broad SMARTS) is 1. The molecule has 2 heterocycles. The number of carboxylic acids is 1. The van der Waals surface area contributed by atoms with Gasteiger partial charge in [-0.2, -0.15) is 0 Å². The number of hydrogen-bond donors (Lipinski definition) is 3. The van der Waals surface area contributed by atoms with Crippen LogP contribution in [0.5, 0.6) is 5.75 Å². The number of rotatable bonds is 5. The summed E-state index contributed by atoms with van der Waals surface area (Å²) < 4.78 is 5.38. The van der Waals surface area contributed by atoms with E-state index in [2.05, 4.69) is 5.32 Å². The van der Waals surface area contributed by atoms with Gasteiger partial charge in [0.1, 0.15) is 5.75 Å². The van der Waals surface area contributed by atoms with Gasteiger partial charge in [0.25, 0.3) is 0 Å². The van der Waals surface area contributed by atoms with Gasteiger partial charge in [-0.1, -0.05) is 12.1 Å². The van der Waals surface area contributed by atoms with Gasteiger partial charge < -0.3 is 25.0 Å². The quantitative estimate of drug-likeness (QED) is 0.619. The molecule has 1 aromatic rings. The van der Waals surface area contributed by atoms with Crippen LogP contribution < -0.4 is 9.97 Å². The zero-order chi connectivity index (χ0) is 18.0. The third kappa shape index (κ3) is 3.83. The molecule has 2 aliphatic rings. The summed E-state index contributed by atoms with van der Waals surface area (Å²) in [6, 6.07) is 4.75. The zero-order valence-corrected chi connectivity index (χ0v) is 13.6. The molecule has 1 atom stereocenters. The molecule has 1 fully saturated rings. The molecule has 3 N–H and O–H groups in total. The maximum Gasteiger partial charge on any atom is 0.526 e. The molecule has 1 aromatic carbocycles. The lowest BCUT2D eigenvalue weighted by Gasteiger charge is -2.30. The number of para-hydroxylation sites is 1. The van der Waals surface area contributed by atoms with Crippen molar-refractivity contribution in [3.05, 3.63) is 29.3 Å². The lowest BCUT2D eigenvalue weighted by Crippen LogP contribution is -2.50. The maximum absolute atomic E-state index is 12.3. The number of Topliss-reactive ketones (excluding diaryl/α,β-unsaturated/α-hetero) is 1. The highest BCUT2D eigenvalue weighted by molar-refractivity contribution is 6.47. The fourth-order valence-corrected chi connectivity index (χ4v) is 3.21. The van der Waals surface area contributed by atoms with E-state index in [0.29, 0.717) is 25.1 Å². The minimum Gasteiger partial charge on any atom is -0.535 e. The summed E-state index contributed by atoms with van der Waals surface area (Å²) >= 11 is 0. The number of carbonyl (C=O) groups is 3. The third-order valence-electron chi connectivity index (χ3n) is 4.50. The molecule has 0 bridgehead atoms. The Hall–Kier alpha value is -2.39. The van der Waals surface area contributed by atoms with E-state index in [0.717, 1.165) is 0 Å². The second-order valence-corrected chi connectivity index (χ2v) is 6.31. The maximum atomic E-state index is 12.3. The Labute approximate surface area is 144 Å². The van der Waals surface area contributed by atoms with Gasteiger partial charge in [0.2, 0.25) is 5.91 Å². The minimum atomic E-state index is -1.25. The molecule has 0 aromatic heterocycles. The Balaban J connectivity index is 1.66. The summed E-state index contributed by atoms with van der Waals surface area (Å²) in [5.74, 6) is -1.71. The molecule has 0 aliphatic carbocycles. The van der Waals surface area contributed by atoms with Crippen LogP contribution in [0.25, 0.3) is 0 Å². The van der Waals surface area contributed by atoms with Crippen molar-refractivity contribution < 1.29 is 29.2 Å². The second-order valence-electron chi connectivity index (χ2n) is 6.31. The normalized spacial score (nSPS) is 20.0. The van der Waals surface area contributed by atoms with E-state index < -0.39 is 18.9 Å². The van der Waals surface area contributed by atoms with E-state index in [1.807, 2.05) is 0 Å². The van der Waals surface area contributed by atoms with Crippen molar-refractivity contribution in [2.75, 3.05) is 26.2 Å². The summed E-state index contributed by atoms with van der Waals surface area (Å²) in [7, 11) is -1.25. The van der Waals surface area contributed by atoms with Crippen molar-refractivity contribution in [2.45, 2.75) is 18.7 Å². The van der Waals surface area contributed by atoms with Crippen LogP contribution in [0.15, 0.2) is 18.2 Å². The highest BCUT2D eigenvalue weighted by atomic mass is 16.5. The van der Waals surface area contributed by atoms with Crippen LogP contribution in [-0.4, -0.2) is 66.0 Å². The number of hydrogen-bond acceptors (Lipinski definition) is 6. The fraction of sp³-hybridized carbons (Fsp3) is 0.438. The highest BCUT2D eigenvalue weighted by Gasteiger charge is 2.38. The van der Waals surface area contributed by atoms with Crippen LogP contribution in [0.3, 0.4) is 0 Å². The predicted octanol–water partition coefficient (Wildman–Crippen LogP) is -0.439. The first kappa shape index (κ1) is 17.4. The molecule has 0 unspecified atom stereocenters. The Morgan fingerprint density at radius 2 is 2.20 bits per heavy atom. The van der Waals surface area contributed by atoms with Gasteiger partial charge in [-0.05, 0) is 18.1 Å². The molecule has 1 saturated heterocycles. The predicted molar refractivity (Wildman–Crippen MR) is 88.5 cm³/mol. The average Bonchev–Trinajstić information content (AvgIpc) is 2.57. The van der Waals surface area contributed by atoms with E-state index in [4.69, 9.17) is 4.65 Å². The largest absolute Gasteiger partial charge is 0.535 e. The highest BCUT2D eigenvalue weighted by Crippen LogP contribution is 2.36. The second kappa shape index (κ2) is 7.24. The van der Waals surface area contributed by atoms with Crippen LogP contribution in [0.2, 0.25) is 5.82 Å². The van der Waals surface area contributed by atoms with Gasteiger partial charge in [0, 0.05) is 25.3 Å². The number of benzene rings is 1. The van der Waals surface area contributed by atoms with Crippen molar-refractivity contribution in [1.29, 1.82) is 0 Å². The van der Waals surface area contributed by atoms with Gasteiger partial charge in [0.15, 0.2) is 5.78 Å². The van der Waals surface area contributed by atoms with Crippen LogP contribution in [0.1, 0.15) is 22.3 Å². The molecule has 1 amide bonds. The molecule has 2 aliphatic heterocycles. The number of carbonyl (C=O) groups excluding carboxylic acids is 2. The van der Waals surface area contributed by atoms with E-state index in [1.54, 1.807) is 12.1 Å². The molecular formula is C16H19BN2O6. The summed E-state index contributed by atoms with van der Waals surface area (Å²) in [4.78, 5) is 36.8. The Bertz CT molecular complexity index is 710. The molecular weight excluding hydrogens is 327 g/mol. The van der Waals surface area contributed by atoms with Crippen LogP contribution in [0.4, 0.5) is 0 Å². The summed E-state index contributed by atoms with van der Waals surface area (Å²) in [5.41, 5.74) is 0.647. The fourth-order valence-electron chi connectivity index (χ4n) is 3.21. The number of nitrogens with zero attached hydrogens (tertiary/aromatic N) is 1. The first-order valence-corrected chi connectivity index (χ1v) is 8.16. The number of ketones is 1. The summed E-state index contributed by atoms with van der Waals surface area (Å²) in [6.45, 7) is 1.39. The van der Waals surface area contributed by atoms with Gasteiger partial charge in [-0.3, -0.25) is 9.59 Å². The van der Waals surface area contributed by atoms with Crippen LogP contribution >= 0.6 is 0 Å². The number of aromatic carboxylic acids is 1. The van der Waals surface area contributed by atoms with Crippen molar-refractivity contribution in [3.8, 4) is 5.75 Å². The lowest BCUT2D eigenvalue weighted by atomic mass is 9.64. The van der Waals surface area contributed by atoms with Crippen molar-refractivity contribution in [1.82, 2.24) is 10.2 Å². The monoisotopic (exact) mass is 346 g/mol. The zero-order valence-electron chi connectivity index (χ0n) is 13.6. The van der Waals surface area contributed by atoms with E-state index >= 15 is 0 Å². The van der Waals surface area contributed by atoms with Gasteiger partial charge >= 0.3 is 13.1 Å². The van der Waals surface area contributed by atoms with Crippen molar-refractivity contribution in [2.24, 2.45) is 0 Å². The standard InChI is InChI=1S/C16H19BN2O6/c20-12(9-19-5-4-18-8-14(19)21)7-11-6-10-2-1-3-13(16(22)23)15(10)25-17(11)24/h1-3,11,18,24H,4-9H2,(H,22,23)/t11-/m1/s1. The molecule has 25 heavy (non-hydrogen) atoms. The topological polar surface area (TPSA) is 116 Å². The summed E-state index contributed by atoms with van der Waals surface area (Å²) in [6.07, 6.45) is 0.411. The number of amides is 1. The number of fused-ring (bicyclic) bond motifs is 1. The molecule has 0 spiro atoms. The smallest absolute Gasteiger partial charge is 0.526 e. The van der Waals surface area contributed by atoms with Crippen molar-refractivity contribution in [3.63, 3.8) is 0 Å². The molecule has 0 saturated carbocycles. The third-order valence-corrected chi connectivity index (χ3v) is 4.50. The number of nitrogens with one attached hydrogen (secondary N) is 1. The first-order valence-electron chi connectivity index (χ1n) is 8.16.